The highest BCUT2D eigenvalue weighted by Gasteiger charge is 2.33. The minimum Gasteiger partial charge on any atom is -0.396 e. The fourth-order valence-electron chi connectivity index (χ4n) is 3.06. The minimum atomic E-state index is -0.659. The first kappa shape index (κ1) is 18.8. The molecule has 2 aromatic rings. The number of aliphatic hydroxyl groups excluding tert-OH is 1. The van der Waals surface area contributed by atoms with Gasteiger partial charge in [0.2, 0.25) is 5.91 Å². The van der Waals surface area contributed by atoms with Gasteiger partial charge in [0.05, 0.1) is 0 Å². The first-order valence-electron chi connectivity index (χ1n) is 8.81. The average Bonchev–Trinajstić information content (AvgIpc) is 2.69. The Balaban J connectivity index is 1.89. The number of carbonyl (C=O) groups is 2. The summed E-state index contributed by atoms with van der Waals surface area (Å²) < 4.78 is 0. The number of anilines is 1. The summed E-state index contributed by atoms with van der Waals surface area (Å²) in [5.41, 5.74) is 1.19. The van der Waals surface area contributed by atoms with Gasteiger partial charge in [0.25, 0.3) is 5.91 Å². The largest absolute Gasteiger partial charge is 0.396 e. The summed E-state index contributed by atoms with van der Waals surface area (Å²) in [7, 11) is 3.80. The van der Waals surface area contributed by atoms with Crippen molar-refractivity contribution in [3.8, 4) is 11.4 Å². The highest BCUT2D eigenvalue weighted by atomic mass is 16.3. The van der Waals surface area contributed by atoms with Crippen LogP contribution in [-0.4, -0.2) is 71.6 Å². The van der Waals surface area contributed by atoms with Crippen LogP contribution in [0.15, 0.2) is 36.5 Å². The Morgan fingerprint density at radius 1 is 1.37 bits per heavy atom. The Labute approximate surface area is 157 Å². The van der Waals surface area contributed by atoms with E-state index in [0.29, 0.717) is 24.5 Å². The topological polar surface area (TPSA) is 98.7 Å². The zero-order valence-electron chi connectivity index (χ0n) is 15.4. The van der Waals surface area contributed by atoms with Crippen molar-refractivity contribution in [2.45, 2.75) is 12.5 Å². The first-order valence-corrected chi connectivity index (χ1v) is 8.81. The standard InChI is InChI=1S/C19H23N5O3/c1-23(2)16-6-8-20-17(22-16)13-4-3-5-14(12-13)19(27)24-10-9-21-18(26)15(24)7-11-25/h3-6,8,12,15,25H,7,9-11H2,1-2H3,(H,21,26)/t15-/m0/s1. The maximum atomic E-state index is 13.0. The van der Waals surface area contributed by atoms with E-state index >= 15 is 0 Å². The number of hydrogen-bond acceptors (Lipinski definition) is 6. The summed E-state index contributed by atoms with van der Waals surface area (Å²) >= 11 is 0. The van der Waals surface area contributed by atoms with E-state index in [-0.39, 0.29) is 24.8 Å². The number of nitrogens with zero attached hydrogens (tertiary/aromatic N) is 4. The molecular formula is C19H23N5O3. The molecule has 0 saturated carbocycles. The van der Waals surface area contributed by atoms with Crippen molar-refractivity contribution < 1.29 is 14.7 Å². The molecule has 2 N–H and O–H groups in total. The average molecular weight is 369 g/mol. The molecule has 1 saturated heterocycles. The van der Waals surface area contributed by atoms with Crippen LogP contribution >= 0.6 is 0 Å². The third kappa shape index (κ3) is 4.06. The van der Waals surface area contributed by atoms with E-state index in [1.54, 1.807) is 24.4 Å². The summed E-state index contributed by atoms with van der Waals surface area (Å²) in [6.45, 7) is 0.652. The number of hydrogen-bond donors (Lipinski definition) is 2. The predicted molar refractivity (Wildman–Crippen MR) is 101 cm³/mol. The molecule has 3 rings (SSSR count). The summed E-state index contributed by atoms with van der Waals surface area (Å²) in [5, 5.41) is 12.0. The molecule has 0 unspecified atom stereocenters. The Morgan fingerprint density at radius 3 is 2.93 bits per heavy atom. The zero-order valence-corrected chi connectivity index (χ0v) is 15.4. The second kappa shape index (κ2) is 8.13. The normalized spacial score (nSPS) is 16.8. The molecule has 1 aromatic heterocycles. The van der Waals surface area contributed by atoms with Crippen LogP contribution in [0.25, 0.3) is 11.4 Å². The fraction of sp³-hybridized carbons (Fsp3) is 0.368. The van der Waals surface area contributed by atoms with Gasteiger partial charge in [-0.3, -0.25) is 9.59 Å². The van der Waals surface area contributed by atoms with Gasteiger partial charge in [0, 0.05) is 51.1 Å². The Hall–Kier alpha value is -3.00. The molecule has 1 aliphatic rings. The number of nitrogens with one attached hydrogen (secondary N) is 1. The van der Waals surface area contributed by atoms with Crippen molar-refractivity contribution in [2.75, 3.05) is 38.7 Å². The molecule has 1 aliphatic heterocycles. The van der Waals surface area contributed by atoms with Gasteiger partial charge in [-0.2, -0.15) is 0 Å². The van der Waals surface area contributed by atoms with Gasteiger partial charge in [-0.15, -0.1) is 0 Å². The van der Waals surface area contributed by atoms with Crippen LogP contribution in [0.4, 0.5) is 5.82 Å². The van der Waals surface area contributed by atoms with Crippen molar-refractivity contribution in [2.24, 2.45) is 0 Å². The van der Waals surface area contributed by atoms with Crippen LogP contribution < -0.4 is 10.2 Å². The fourth-order valence-corrected chi connectivity index (χ4v) is 3.06. The van der Waals surface area contributed by atoms with E-state index in [1.807, 2.05) is 31.1 Å². The maximum Gasteiger partial charge on any atom is 0.254 e. The number of piperazine rings is 1. The Kier molecular flexibility index (Phi) is 5.66. The number of carbonyl (C=O) groups excluding carboxylic acids is 2. The van der Waals surface area contributed by atoms with Gasteiger partial charge in [-0.1, -0.05) is 12.1 Å². The highest BCUT2D eigenvalue weighted by Crippen LogP contribution is 2.21. The molecule has 27 heavy (non-hydrogen) atoms. The number of amides is 2. The Morgan fingerprint density at radius 2 is 2.19 bits per heavy atom. The molecule has 2 amide bonds. The lowest BCUT2D eigenvalue weighted by Gasteiger charge is -2.34. The quantitative estimate of drug-likeness (QED) is 0.798. The van der Waals surface area contributed by atoms with Crippen LogP contribution in [0, 0.1) is 0 Å². The van der Waals surface area contributed by atoms with E-state index in [9.17, 15) is 14.7 Å². The molecule has 1 fully saturated rings. The monoisotopic (exact) mass is 369 g/mol. The van der Waals surface area contributed by atoms with Gasteiger partial charge in [-0.05, 0) is 24.6 Å². The summed E-state index contributed by atoms with van der Waals surface area (Å²) in [6, 6.07) is 8.22. The van der Waals surface area contributed by atoms with E-state index in [0.717, 1.165) is 11.4 Å². The van der Waals surface area contributed by atoms with E-state index in [4.69, 9.17) is 0 Å². The molecule has 0 aliphatic carbocycles. The lowest BCUT2D eigenvalue weighted by molar-refractivity contribution is -0.128. The molecule has 2 heterocycles. The highest BCUT2D eigenvalue weighted by molar-refractivity contribution is 5.99. The zero-order chi connectivity index (χ0) is 19.4. The van der Waals surface area contributed by atoms with E-state index in [2.05, 4.69) is 15.3 Å². The molecule has 8 nitrogen and oxygen atoms in total. The number of aliphatic hydroxyl groups is 1. The molecule has 1 aromatic carbocycles. The molecule has 0 radical (unpaired) electrons. The van der Waals surface area contributed by atoms with E-state index < -0.39 is 6.04 Å². The van der Waals surface area contributed by atoms with Gasteiger partial charge in [0.1, 0.15) is 11.9 Å². The summed E-state index contributed by atoms with van der Waals surface area (Å²) in [5.74, 6) is 0.822. The minimum absolute atomic E-state index is 0.160. The Bertz CT molecular complexity index is 840. The molecule has 0 spiro atoms. The van der Waals surface area contributed by atoms with Crippen molar-refractivity contribution in [1.82, 2.24) is 20.2 Å². The second-order valence-electron chi connectivity index (χ2n) is 6.53. The summed E-state index contributed by atoms with van der Waals surface area (Å²) in [6.07, 6.45) is 1.89. The van der Waals surface area contributed by atoms with Crippen LogP contribution in [0.1, 0.15) is 16.8 Å². The van der Waals surface area contributed by atoms with Crippen molar-refractivity contribution in [3.63, 3.8) is 0 Å². The lowest BCUT2D eigenvalue weighted by Crippen LogP contribution is -2.57. The van der Waals surface area contributed by atoms with E-state index in [1.165, 1.54) is 4.90 Å². The molecule has 1 atom stereocenters. The van der Waals surface area contributed by atoms with Gasteiger partial charge in [0.15, 0.2) is 5.82 Å². The SMILES string of the molecule is CN(C)c1ccnc(-c2cccc(C(=O)N3CCNC(=O)[C@@H]3CCO)c2)n1. The second-order valence-corrected chi connectivity index (χ2v) is 6.53. The molecule has 8 heteroatoms. The molecule has 142 valence electrons. The van der Waals surface area contributed by atoms with Crippen LogP contribution in [0.5, 0.6) is 0 Å². The predicted octanol–water partition coefficient (Wildman–Crippen LogP) is 0.533. The number of rotatable bonds is 5. The number of aromatic nitrogens is 2. The van der Waals surface area contributed by atoms with Crippen molar-refractivity contribution in [1.29, 1.82) is 0 Å². The molecule has 0 bridgehead atoms. The molecular weight excluding hydrogens is 346 g/mol. The van der Waals surface area contributed by atoms with Crippen LogP contribution in [0.2, 0.25) is 0 Å². The smallest absolute Gasteiger partial charge is 0.254 e. The van der Waals surface area contributed by atoms with Crippen LogP contribution in [-0.2, 0) is 4.79 Å². The lowest BCUT2D eigenvalue weighted by atomic mass is 10.0. The number of benzene rings is 1. The van der Waals surface area contributed by atoms with Gasteiger partial charge in [-0.25, -0.2) is 9.97 Å². The third-order valence-electron chi connectivity index (χ3n) is 4.46. The van der Waals surface area contributed by atoms with Gasteiger partial charge < -0.3 is 20.2 Å². The summed E-state index contributed by atoms with van der Waals surface area (Å²) in [4.78, 5) is 37.3. The maximum absolute atomic E-state index is 13.0. The van der Waals surface area contributed by atoms with Crippen molar-refractivity contribution >= 4 is 17.6 Å². The van der Waals surface area contributed by atoms with Crippen LogP contribution in [0.3, 0.4) is 0 Å². The van der Waals surface area contributed by atoms with Gasteiger partial charge >= 0.3 is 0 Å². The third-order valence-corrected chi connectivity index (χ3v) is 4.46. The first-order chi connectivity index (χ1) is 13.0. The van der Waals surface area contributed by atoms with Crippen molar-refractivity contribution in [3.05, 3.63) is 42.1 Å².